The Bertz CT molecular complexity index is 328. The van der Waals surface area contributed by atoms with Gasteiger partial charge in [-0.05, 0) is 69.9 Å². The van der Waals surface area contributed by atoms with Crippen LogP contribution in [-0.2, 0) is 0 Å². The van der Waals surface area contributed by atoms with Crippen LogP contribution in [-0.4, -0.2) is 24.3 Å². The zero-order valence-electron chi connectivity index (χ0n) is 13.5. The van der Waals surface area contributed by atoms with Crippen LogP contribution in [0.15, 0.2) is 4.99 Å². The molecule has 5 atom stereocenters. The number of nitrogens with zero attached hydrogens (tertiary/aromatic N) is 1. The molecular weight excluding hydrogens is 232 g/mol. The highest BCUT2D eigenvalue weighted by Crippen LogP contribution is 2.58. The molecule has 1 saturated carbocycles. The lowest BCUT2D eigenvalue weighted by Crippen LogP contribution is -2.62. The van der Waals surface area contributed by atoms with Crippen LogP contribution < -0.4 is 5.32 Å². The maximum Gasteiger partial charge on any atom is 0.0638 e. The van der Waals surface area contributed by atoms with Crippen molar-refractivity contribution < 1.29 is 0 Å². The molecule has 0 aromatic rings. The summed E-state index contributed by atoms with van der Waals surface area (Å²) in [5.41, 5.74) is 0.639. The maximum absolute atomic E-state index is 4.93. The van der Waals surface area contributed by atoms with E-state index in [2.05, 4.69) is 39.9 Å². The van der Waals surface area contributed by atoms with Crippen LogP contribution in [0.4, 0.5) is 0 Å². The summed E-state index contributed by atoms with van der Waals surface area (Å²) in [5, 5.41) is 3.70. The fourth-order valence-electron chi connectivity index (χ4n) is 4.55. The van der Waals surface area contributed by atoms with Gasteiger partial charge >= 0.3 is 0 Å². The van der Waals surface area contributed by atoms with E-state index in [1.807, 2.05) is 6.21 Å². The molecule has 2 rings (SSSR count). The first-order chi connectivity index (χ1) is 8.96. The van der Waals surface area contributed by atoms with Gasteiger partial charge in [0.15, 0.2) is 0 Å². The zero-order valence-corrected chi connectivity index (χ0v) is 13.5. The molecule has 110 valence electrons. The Morgan fingerprint density at radius 3 is 2.63 bits per heavy atom. The van der Waals surface area contributed by atoms with Gasteiger partial charge in [-0.25, -0.2) is 0 Å². The molecule has 2 nitrogen and oxygen atoms in total. The minimum atomic E-state index is 0.196. The van der Waals surface area contributed by atoms with E-state index in [-0.39, 0.29) is 5.54 Å². The second-order valence-corrected chi connectivity index (χ2v) is 7.36. The molecule has 0 radical (unpaired) electrons. The van der Waals surface area contributed by atoms with E-state index in [1.54, 1.807) is 0 Å². The second-order valence-electron chi connectivity index (χ2n) is 7.36. The highest BCUT2D eigenvalue weighted by atomic mass is 15.0. The molecule has 1 heterocycles. The van der Waals surface area contributed by atoms with Crippen LogP contribution in [0.2, 0.25) is 0 Å². The lowest BCUT2D eigenvalue weighted by atomic mass is 9.48. The average Bonchev–Trinajstić information content (AvgIpc) is 2.38. The molecule has 0 aromatic heterocycles. The molecular formula is C17H32N2. The molecule has 1 saturated heterocycles. The number of nitrogens with one attached hydrogen (secondary N) is 1. The van der Waals surface area contributed by atoms with Gasteiger partial charge in [0.05, 0.1) is 5.54 Å². The standard InChI is InChI=1S/C17H32N2/c1-6-8-14-11-15(17(14,5)19-7-2)16(4)10-9-13(3)18-12-16/h7,13-15,18H,6,8-12H2,1-5H3/b19-7-. The van der Waals surface area contributed by atoms with E-state index in [0.29, 0.717) is 11.5 Å². The van der Waals surface area contributed by atoms with Gasteiger partial charge in [0.2, 0.25) is 0 Å². The van der Waals surface area contributed by atoms with Crippen molar-refractivity contribution in [3.05, 3.63) is 0 Å². The highest BCUT2D eigenvalue weighted by Gasteiger charge is 2.57. The van der Waals surface area contributed by atoms with Crippen molar-refractivity contribution in [2.24, 2.45) is 22.2 Å². The van der Waals surface area contributed by atoms with Crippen molar-refractivity contribution in [1.29, 1.82) is 0 Å². The fraction of sp³-hybridized carbons (Fsp3) is 0.941. The molecule has 2 aliphatic rings. The van der Waals surface area contributed by atoms with Crippen LogP contribution in [0.3, 0.4) is 0 Å². The van der Waals surface area contributed by atoms with Crippen LogP contribution in [0, 0.1) is 17.3 Å². The van der Waals surface area contributed by atoms with Crippen molar-refractivity contribution in [2.45, 2.75) is 78.3 Å². The van der Waals surface area contributed by atoms with E-state index < -0.39 is 0 Å². The molecule has 2 heteroatoms. The summed E-state index contributed by atoms with van der Waals surface area (Å²) < 4.78 is 0. The van der Waals surface area contributed by atoms with Crippen molar-refractivity contribution in [2.75, 3.05) is 6.54 Å². The van der Waals surface area contributed by atoms with E-state index in [9.17, 15) is 0 Å². The Kier molecular flexibility index (Phi) is 4.39. The van der Waals surface area contributed by atoms with E-state index in [1.165, 1.54) is 38.6 Å². The summed E-state index contributed by atoms with van der Waals surface area (Å²) in [6.45, 7) is 12.8. The molecule has 0 amide bonds. The largest absolute Gasteiger partial charge is 0.314 e. The first kappa shape index (κ1) is 15.0. The third-order valence-electron chi connectivity index (χ3n) is 5.94. The molecule has 5 unspecified atom stereocenters. The summed E-state index contributed by atoms with van der Waals surface area (Å²) in [6, 6.07) is 0.695. The van der Waals surface area contributed by atoms with Gasteiger partial charge in [-0.2, -0.15) is 0 Å². The number of hydrogen-bond donors (Lipinski definition) is 1. The summed E-state index contributed by atoms with van der Waals surface area (Å²) in [4.78, 5) is 4.93. The van der Waals surface area contributed by atoms with E-state index in [4.69, 9.17) is 4.99 Å². The topological polar surface area (TPSA) is 24.4 Å². The third-order valence-corrected chi connectivity index (χ3v) is 5.94. The van der Waals surface area contributed by atoms with Crippen LogP contribution in [0.25, 0.3) is 0 Å². The molecule has 0 aromatic carbocycles. The first-order valence-corrected chi connectivity index (χ1v) is 8.19. The van der Waals surface area contributed by atoms with Gasteiger partial charge in [0.25, 0.3) is 0 Å². The molecule has 1 aliphatic carbocycles. The summed E-state index contributed by atoms with van der Waals surface area (Å²) in [5.74, 6) is 1.56. The van der Waals surface area contributed by atoms with Gasteiger partial charge in [0, 0.05) is 12.6 Å². The smallest absolute Gasteiger partial charge is 0.0638 e. The van der Waals surface area contributed by atoms with Gasteiger partial charge in [-0.1, -0.05) is 20.3 Å². The minimum Gasteiger partial charge on any atom is -0.314 e. The third kappa shape index (κ3) is 2.61. The second kappa shape index (κ2) is 5.55. The van der Waals surface area contributed by atoms with Gasteiger partial charge in [-0.3, -0.25) is 4.99 Å². The lowest BCUT2D eigenvalue weighted by molar-refractivity contribution is -0.0596. The van der Waals surface area contributed by atoms with Crippen LogP contribution in [0.1, 0.15) is 66.7 Å². The Morgan fingerprint density at radius 1 is 1.37 bits per heavy atom. The average molecular weight is 264 g/mol. The number of piperidine rings is 1. The maximum atomic E-state index is 4.93. The van der Waals surface area contributed by atoms with Gasteiger partial charge in [0.1, 0.15) is 0 Å². The van der Waals surface area contributed by atoms with Gasteiger partial charge < -0.3 is 5.32 Å². The first-order valence-electron chi connectivity index (χ1n) is 8.19. The number of rotatable bonds is 4. The fourth-order valence-corrected chi connectivity index (χ4v) is 4.55. The monoisotopic (exact) mass is 264 g/mol. The van der Waals surface area contributed by atoms with E-state index >= 15 is 0 Å². The Labute approximate surface area is 119 Å². The Morgan fingerprint density at radius 2 is 2.11 bits per heavy atom. The molecule has 0 spiro atoms. The minimum absolute atomic E-state index is 0.196. The van der Waals surface area contributed by atoms with Crippen molar-refractivity contribution >= 4 is 6.21 Å². The molecule has 1 aliphatic heterocycles. The lowest BCUT2D eigenvalue weighted by Gasteiger charge is -2.60. The quantitative estimate of drug-likeness (QED) is 0.761. The highest BCUT2D eigenvalue weighted by molar-refractivity contribution is 5.54. The van der Waals surface area contributed by atoms with Crippen molar-refractivity contribution in [3.8, 4) is 0 Å². The predicted molar refractivity (Wildman–Crippen MR) is 83.9 cm³/mol. The Hall–Kier alpha value is -0.370. The molecule has 2 fully saturated rings. The predicted octanol–water partition coefficient (Wildman–Crippen LogP) is 4.05. The Balaban J connectivity index is 2.12. The molecule has 1 N–H and O–H groups in total. The summed E-state index contributed by atoms with van der Waals surface area (Å²) in [6.07, 6.45) is 8.73. The van der Waals surface area contributed by atoms with Crippen molar-refractivity contribution in [3.63, 3.8) is 0 Å². The molecule has 0 bridgehead atoms. The van der Waals surface area contributed by atoms with Crippen LogP contribution in [0.5, 0.6) is 0 Å². The number of aliphatic imine (C=N–C) groups is 1. The van der Waals surface area contributed by atoms with Crippen molar-refractivity contribution in [1.82, 2.24) is 5.32 Å². The molecule has 19 heavy (non-hydrogen) atoms. The van der Waals surface area contributed by atoms with E-state index in [0.717, 1.165) is 11.8 Å². The number of hydrogen-bond acceptors (Lipinski definition) is 2. The van der Waals surface area contributed by atoms with Crippen LogP contribution >= 0.6 is 0 Å². The normalized spacial score (nSPS) is 47.3. The zero-order chi connectivity index (χ0) is 14.1. The summed E-state index contributed by atoms with van der Waals surface area (Å²) in [7, 11) is 0. The van der Waals surface area contributed by atoms with Gasteiger partial charge in [-0.15, -0.1) is 0 Å². The SMILES string of the molecule is C/C=N\C1(C)C(CCC)CC1C1(C)CCC(C)NC1. The summed E-state index contributed by atoms with van der Waals surface area (Å²) >= 11 is 0.